The Labute approximate surface area is 160 Å². The van der Waals surface area contributed by atoms with Crippen molar-refractivity contribution in [3.63, 3.8) is 0 Å². The van der Waals surface area contributed by atoms with Crippen molar-refractivity contribution in [2.75, 3.05) is 5.32 Å². The first-order valence-electron chi connectivity index (χ1n) is 8.68. The Morgan fingerprint density at radius 1 is 1.18 bits per heavy atom. The van der Waals surface area contributed by atoms with Gasteiger partial charge in [0.1, 0.15) is 12.2 Å². The third kappa shape index (κ3) is 4.39. The summed E-state index contributed by atoms with van der Waals surface area (Å²) in [7, 11) is 0. The molecule has 0 radical (unpaired) electrons. The lowest BCUT2D eigenvalue weighted by molar-refractivity contribution is -0.138. The number of aromatic nitrogens is 3. The SMILES string of the molecule is Cc1nncn1-c1cccc(NC(=O)C[C@H](C)c2ccccc2C(F)(F)F)c1. The van der Waals surface area contributed by atoms with Crippen LogP contribution in [0.5, 0.6) is 0 Å². The summed E-state index contributed by atoms with van der Waals surface area (Å²) in [6, 6.07) is 12.4. The van der Waals surface area contributed by atoms with Gasteiger partial charge in [0.2, 0.25) is 5.91 Å². The minimum absolute atomic E-state index is 0.0665. The molecule has 3 aromatic rings. The number of halogens is 3. The fraction of sp³-hybridized carbons (Fsp3) is 0.250. The van der Waals surface area contributed by atoms with Gasteiger partial charge in [0, 0.05) is 12.1 Å². The van der Waals surface area contributed by atoms with E-state index in [1.807, 2.05) is 6.07 Å². The molecule has 1 atom stereocenters. The first-order chi connectivity index (χ1) is 13.3. The minimum Gasteiger partial charge on any atom is -0.326 e. The molecular formula is C20H19F3N4O. The van der Waals surface area contributed by atoms with Crippen LogP contribution in [-0.2, 0) is 11.0 Å². The van der Waals surface area contributed by atoms with E-state index in [1.165, 1.54) is 12.1 Å². The highest BCUT2D eigenvalue weighted by atomic mass is 19.4. The number of carbonyl (C=O) groups is 1. The number of alkyl halides is 3. The normalized spacial score (nSPS) is 12.6. The summed E-state index contributed by atoms with van der Waals surface area (Å²) in [5.41, 5.74) is 0.724. The van der Waals surface area contributed by atoms with Gasteiger partial charge in [0.15, 0.2) is 0 Å². The average molecular weight is 388 g/mol. The van der Waals surface area contributed by atoms with Crippen LogP contribution in [-0.4, -0.2) is 20.7 Å². The van der Waals surface area contributed by atoms with Gasteiger partial charge in [-0.05, 0) is 42.7 Å². The third-order valence-corrected chi connectivity index (χ3v) is 4.41. The van der Waals surface area contributed by atoms with Crippen molar-refractivity contribution in [2.45, 2.75) is 32.4 Å². The molecule has 3 rings (SSSR count). The number of hydrogen-bond acceptors (Lipinski definition) is 3. The second kappa shape index (κ2) is 7.84. The summed E-state index contributed by atoms with van der Waals surface area (Å²) >= 11 is 0. The number of nitrogens with zero attached hydrogens (tertiary/aromatic N) is 3. The quantitative estimate of drug-likeness (QED) is 0.688. The zero-order chi connectivity index (χ0) is 20.3. The molecule has 0 bridgehead atoms. The highest BCUT2D eigenvalue weighted by Gasteiger charge is 2.34. The van der Waals surface area contributed by atoms with E-state index in [9.17, 15) is 18.0 Å². The summed E-state index contributed by atoms with van der Waals surface area (Å²) < 4.78 is 41.3. The molecule has 0 unspecified atom stereocenters. The lowest BCUT2D eigenvalue weighted by atomic mass is 9.92. The smallest absolute Gasteiger partial charge is 0.326 e. The molecule has 0 aliphatic carbocycles. The van der Waals surface area contributed by atoms with E-state index >= 15 is 0 Å². The van der Waals surface area contributed by atoms with Gasteiger partial charge >= 0.3 is 6.18 Å². The molecule has 1 N–H and O–H groups in total. The van der Waals surface area contributed by atoms with Crippen LogP contribution >= 0.6 is 0 Å². The van der Waals surface area contributed by atoms with Gasteiger partial charge in [0.25, 0.3) is 0 Å². The maximum atomic E-state index is 13.2. The molecule has 0 saturated carbocycles. The van der Waals surface area contributed by atoms with E-state index in [2.05, 4.69) is 15.5 Å². The zero-order valence-electron chi connectivity index (χ0n) is 15.4. The van der Waals surface area contributed by atoms with Gasteiger partial charge in [-0.15, -0.1) is 10.2 Å². The lowest BCUT2D eigenvalue weighted by Gasteiger charge is -2.18. The Morgan fingerprint density at radius 3 is 2.61 bits per heavy atom. The molecule has 1 heterocycles. The number of aryl methyl sites for hydroxylation is 1. The number of amides is 1. The van der Waals surface area contributed by atoms with Crippen LogP contribution < -0.4 is 5.32 Å². The molecule has 0 fully saturated rings. The monoisotopic (exact) mass is 388 g/mol. The summed E-state index contributed by atoms with van der Waals surface area (Å²) in [4.78, 5) is 12.4. The van der Waals surface area contributed by atoms with Crippen LogP contribution in [0, 0.1) is 6.92 Å². The van der Waals surface area contributed by atoms with E-state index in [-0.39, 0.29) is 17.9 Å². The van der Waals surface area contributed by atoms with Gasteiger partial charge in [-0.2, -0.15) is 13.2 Å². The zero-order valence-corrected chi connectivity index (χ0v) is 15.4. The van der Waals surface area contributed by atoms with Crippen molar-refractivity contribution in [2.24, 2.45) is 0 Å². The van der Waals surface area contributed by atoms with Crippen LogP contribution in [0.2, 0.25) is 0 Å². The van der Waals surface area contributed by atoms with Gasteiger partial charge in [-0.25, -0.2) is 0 Å². The maximum Gasteiger partial charge on any atom is 0.416 e. The fourth-order valence-electron chi connectivity index (χ4n) is 3.06. The molecule has 1 amide bonds. The van der Waals surface area contributed by atoms with E-state index in [1.54, 1.807) is 49.0 Å². The van der Waals surface area contributed by atoms with Gasteiger partial charge < -0.3 is 5.32 Å². The predicted molar refractivity (Wildman–Crippen MR) is 99.2 cm³/mol. The van der Waals surface area contributed by atoms with Crippen molar-refractivity contribution in [3.8, 4) is 5.69 Å². The summed E-state index contributed by atoms with van der Waals surface area (Å²) in [6.45, 7) is 3.42. The van der Waals surface area contributed by atoms with Crippen LogP contribution in [0.1, 0.15) is 36.2 Å². The summed E-state index contributed by atoms with van der Waals surface area (Å²) in [6.07, 6.45) is -2.96. The molecule has 0 aliphatic heterocycles. The molecule has 0 saturated heterocycles. The molecule has 5 nitrogen and oxygen atoms in total. The molecular weight excluding hydrogens is 369 g/mol. The van der Waals surface area contributed by atoms with Gasteiger partial charge in [-0.1, -0.05) is 31.2 Å². The Kier molecular flexibility index (Phi) is 5.48. The maximum absolute atomic E-state index is 13.2. The number of rotatable bonds is 5. The first kappa shape index (κ1) is 19.6. The van der Waals surface area contributed by atoms with Crippen molar-refractivity contribution < 1.29 is 18.0 Å². The molecule has 0 spiro atoms. The fourth-order valence-corrected chi connectivity index (χ4v) is 3.06. The second-order valence-electron chi connectivity index (χ2n) is 6.54. The highest BCUT2D eigenvalue weighted by molar-refractivity contribution is 5.91. The Hall–Kier alpha value is -3.16. The largest absolute Gasteiger partial charge is 0.416 e. The summed E-state index contributed by atoms with van der Waals surface area (Å²) in [5, 5.41) is 10.5. The number of nitrogens with one attached hydrogen (secondary N) is 1. The van der Waals surface area contributed by atoms with E-state index in [4.69, 9.17) is 0 Å². The lowest BCUT2D eigenvalue weighted by Crippen LogP contribution is -2.17. The standard InChI is InChI=1S/C20H19F3N4O/c1-13(17-8-3-4-9-18(17)20(21,22)23)10-19(28)25-15-6-5-7-16(11-15)27-12-24-26-14(27)2/h3-9,11-13H,10H2,1-2H3,(H,25,28)/t13-/m0/s1. The highest BCUT2D eigenvalue weighted by Crippen LogP contribution is 2.36. The van der Waals surface area contributed by atoms with Crippen LogP contribution in [0.25, 0.3) is 5.69 Å². The van der Waals surface area contributed by atoms with Crippen molar-refractivity contribution in [3.05, 3.63) is 71.8 Å². The number of carbonyl (C=O) groups excluding carboxylic acids is 1. The van der Waals surface area contributed by atoms with E-state index < -0.39 is 17.7 Å². The predicted octanol–water partition coefficient (Wildman–Crippen LogP) is 4.73. The molecule has 0 aliphatic rings. The first-order valence-corrected chi connectivity index (χ1v) is 8.68. The molecule has 1 aromatic heterocycles. The number of benzene rings is 2. The van der Waals surface area contributed by atoms with Crippen molar-refractivity contribution in [1.82, 2.24) is 14.8 Å². The van der Waals surface area contributed by atoms with Crippen molar-refractivity contribution in [1.29, 1.82) is 0 Å². The number of hydrogen-bond donors (Lipinski definition) is 1. The summed E-state index contributed by atoms with van der Waals surface area (Å²) in [5.74, 6) is -0.246. The topological polar surface area (TPSA) is 59.8 Å². The molecule has 28 heavy (non-hydrogen) atoms. The molecule has 146 valence electrons. The van der Waals surface area contributed by atoms with E-state index in [0.717, 1.165) is 11.8 Å². The molecule has 2 aromatic carbocycles. The van der Waals surface area contributed by atoms with Gasteiger partial charge in [-0.3, -0.25) is 9.36 Å². The molecule has 8 heteroatoms. The Morgan fingerprint density at radius 2 is 1.93 bits per heavy atom. The van der Waals surface area contributed by atoms with Crippen LogP contribution in [0.15, 0.2) is 54.9 Å². The van der Waals surface area contributed by atoms with E-state index in [0.29, 0.717) is 11.5 Å². The Balaban J connectivity index is 1.73. The van der Waals surface area contributed by atoms with Gasteiger partial charge in [0.05, 0.1) is 11.3 Å². The second-order valence-corrected chi connectivity index (χ2v) is 6.54. The minimum atomic E-state index is -4.45. The van der Waals surface area contributed by atoms with Crippen molar-refractivity contribution >= 4 is 11.6 Å². The third-order valence-electron chi connectivity index (χ3n) is 4.41. The average Bonchev–Trinajstić information content (AvgIpc) is 3.07. The van der Waals surface area contributed by atoms with Crippen LogP contribution in [0.4, 0.5) is 18.9 Å². The Bertz CT molecular complexity index is 981. The van der Waals surface area contributed by atoms with Crippen LogP contribution in [0.3, 0.4) is 0 Å². The number of anilines is 1.